The van der Waals surface area contributed by atoms with Gasteiger partial charge in [-0.25, -0.2) is 10.8 Å². The van der Waals surface area contributed by atoms with Crippen molar-refractivity contribution in [3.63, 3.8) is 0 Å². The Labute approximate surface area is 77.5 Å². The Kier molecular flexibility index (Phi) is 3.76. The quantitative estimate of drug-likeness (QED) is 0.335. The lowest BCUT2D eigenvalue weighted by molar-refractivity contribution is 0.938. The molecule has 4 nitrogen and oxygen atoms in total. The molecule has 0 amide bonds. The minimum absolute atomic E-state index is 0.622. The topological polar surface area (TPSA) is 63.0 Å². The molecule has 13 heavy (non-hydrogen) atoms. The van der Waals surface area contributed by atoms with Crippen molar-refractivity contribution in [2.75, 3.05) is 19.0 Å². The molecule has 1 rings (SSSR count). The maximum Gasteiger partial charge on any atom is 0.141 e. The number of pyridine rings is 1. The van der Waals surface area contributed by atoms with Crippen LogP contribution in [0.25, 0.3) is 0 Å². The fraction of sp³-hybridized carbons (Fsp3) is 0.222. The van der Waals surface area contributed by atoms with Crippen molar-refractivity contribution in [3.8, 4) is 11.8 Å². The van der Waals surface area contributed by atoms with Crippen molar-refractivity contribution in [2.45, 2.75) is 0 Å². The molecule has 1 aromatic heterocycles. The number of hydrazine groups is 1. The summed E-state index contributed by atoms with van der Waals surface area (Å²) in [7, 11) is 1.85. The average Bonchev–Trinajstić information content (AvgIpc) is 2.19. The zero-order valence-electron chi connectivity index (χ0n) is 7.46. The molecule has 0 aliphatic heterocycles. The Morgan fingerprint density at radius 1 is 1.54 bits per heavy atom. The Hall–Kier alpha value is -1.57. The number of hydrogen-bond donors (Lipinski definition) is 3. The highest BCUT2D eigenvalue weighted by atomic mass is 15.2. The third kappa shape index (κ3) is 3.11. The summed E-state index contributed by atoms with van der Waals surface area (Å²) < 4.78 is 0. The summed E-state index contributed by atoms with van der Waals surface area (Å²) in [4.78, 5) is 4.13. The zero-order valence-corrected chi connectivity index (χ0v) is 7.46. The molecule has 0 aliphatic rings. The molecule has 0 unspecified atom stereocenters. The van der Waals surface area contributed by atoms with Gasteiger partial charge in [-0.1, -0.05) is 12.0 Å². The molecule has 1 aromatic rings. The summed E-state index contributed by atoms with van der Waals surface area (Å²) in [5, 5.41) is 2.92. The van der Waals surface area contributed by atoms with Gasteiger partial charge in [-0.15, -0.1) is 0 Å². The number of hydrogen-bond acceptors (Lipinski definition) is 4. The predicted molar refractivity (Wildman–Crippen MR) is 52.9 cm³/mol. The summed E-state index contributed by atoms with van der Waals surface area (Å²) in [5.41, 5.74) is 3.18. The van der Waals surface area contributed by atoms with E-state index in [4.69, 9.17) is 5.84 Å². The van der Waals surface area contributed by atoms with Gasteiger partial charge < -0.3 is 10.7 Å². The van der Waals surface area contributed by atoms with Crippen molar-refractivity contribution in [1.29, 1.82) is 0 Å². The van der Waals surface area contributed by atoms with Crippen LogP contribution >= 0.6 is 0 Å². The van der Waals surface area contributed by atoms with Crippen molar-refractivity contribution < 1.29 is 0 Å². The molecule has 0 fully saturated rings. The maximum atomic E-state index is 5.20. The van der Waals surface area contributed by atoms with E-state index in [1.807, 2.05) is 19.2 Å². The molecule has 0 radical (unpaired) electrons. The lowest BCUT2D eigenvalue weighted by Gasteiger charge is -1.97. The largest absolute Gasteiger partial charge is 0.309 e. The van der Waals surface area contributed by atoms with Crippen LogP contribution < -0.4 is 16.6 Å². The molecule has 0 atom stereocenters. The van der Waals surface area contributed by atoms with Crippen LogP contribution in [0.4, 0.5) is 5.82 Å². The number of nitrogens with zero attached hydrogens (tertiary/aromatic N) is 1. The number of nitrogens with one attached hydrogen (secondary N) is 2. The van der Waals surface area contributed by atoms with Crippen LogP contribution in [0, 0.1) is 11.8 Å². The molecule has 0 bridgehead atoms. The van der Waals surface area contributed by atoms with E-state index in [1.165, 1.54) is 0 Å². The van der Waals surface area contributed by atoms with Crippen LogP contribution in [0.2, 0.25) is 0 Å². The van der Waals surface area contributed by atoms with E-state index in [2.05, 4.69) is 27.6 Å². The van der Waals surface area contributed by atoms with Gasteiger partial charge in [-0.05, 0) is 25.1 Å². The summed E-state index contributed by atoms with van der Waals surface area (Å²) in [6.45, 7) is 0.655. The molecule has 0 aliphatic carbocycles. The normalized spacial score (nSPS) is 8.77. The third-order valence-corrected chi connectivity index (χ3v) is 1.38. The smallest absolute Gasteiger partial charge is 0.141 e. The van der Waals surface area contributed by atoms with E-state index in [0.29, 0.717) is 18.1 Å². The standard InChI is InChI=1S/C9H12N4/c1-11-7-3-5-8-4-2-6-9(12-8)13-10/h2,4,6,11H,7,10H2,1H3,(H,12,13). The van der Waals surface area contributed by atoms with E-state index in [1.54, 1.807) is 6.07 Å². The first-order valence-electron chi connectivity index (χ1n) is 3.94. The number of anilines is 1. The predicted octanol–water partition coefficient (Wildman–Crippen LogP) is -0.0619. The lowest BCUT2D eigenvalue weighted by atomic mass is 10.3. The van der Waals surface area contributed by atoms with Crippen molar-refractivity contribution in [3.05, 3.63) is 23.9 Å². The van der Waals surface area contributed by atoms with Crippen LogP contribution in [-0.2, 0) is 0 Å². The van der Waals surface area contributed by atoms with Gasteiger partial charge in [0, 0.05) is 0 Å². The molecular formula is C9H12N4. The van der Waals surface area contributed by atoms with E-state index in [0.717, 1.165) is 0 Å². The third-order valence-electron chi connectivity index (χ3n) is 1.38. The van der Waals surface area contributed by atoms with Crippen molar-refractivity contribution in [2.24, 2.45) is 5.84 Å². The molecule has 0 saturated heterocycles. The van der Waals surface area contributed by atoms with Gasteiger partial charge in [0.2, 0.25) is 0 Å². The van der Waals surface area contributed by atoms with Gasteiger partial charge in [0.05, 0.1) is 6.54 Å². The fourth-order valence-electron chi connectivity index (χ4n) is 0.808. The Balaban J connectivity index is 2.73. The lowest BCUT2D eigenvalue weighted by Crippen LogP contribution is -2.08. The summed E-state index contributed by atoms with van der Waals surface area (Å²) in [5.74, 6) is 11.6. The molecule has 1 heterocycles. The van der Waals surface area contributed by atoms with Crippen LogP contribution in [0.1, 0.15) is 5.69 Å². The van der Waals surface area contributed by atoms with Crippen molar-refractivity contribution in [1.82, 2.24) is 10.3 Å². The SMILES string of the molecule is CNCC#Cc1cccc(NN)n1. The average molecular weight is 176 g/mol. The van der Waals surface area contributed by atoms with Crippen LogP contribution in [0.15, 0.2) is 18.2 Å². The molecule has 4 N–H and O–H groups in total. The first-order valence-corrected chi connectivity index (χ1v) is 3.94. The molecule has 68 valence electrons. The minimum atomic E-state index is 0.622. The van der Waals surface area contributed by atoms with Crippen molar-refractivity contribution >= 4 is 5.82 Å². The van der Waals surface area contributed by atoms with Crippen LogP contribution in [0.5, 0.6) is 0 Å². The highest BCUT2D eigenvalue weighted by Crippen LogP contribution is 2.00. The highest BCUT2D eigenvalue weighted by molar-refractivity contribution is 5.38. The van der Waals surface area contributed by atoms with Gasteiger partial charge in [0.1, 0.15) is 11.5 Å². The van der Waals surface area contributed by atoms with Gasteiger partial charge in [-0.2, -0.15) is 0 Å². The second-order valence-electron chi connectivity index (χ2n) is 2.38. The maximum absolute atomic E-state index is 5.20. The Morgan fingerprint density at radius 3 is 3.08 bits per heavy atom. The Bertz CT molecular complexity index is 324. The van der Waals surface area contributed by atoms with Gasteiger partial charge in [0.25, 0.3) is 0 Å². The summed E-state index contributed by atoms with van der Waals surface area (Å²) in [6.07, 6.45) is 0. The molecular weight excluding hydrogens is 164 g/mol. The van der Waals surface area contributed by atoms with Gasteiger partial charge in [0.15, 0.2) is 0 Å². The first-order chi connectivity index (χ1) is 6.36. The number of rotatable bonds is 2. The second kappa shape index (κ2) is 5.14. The van der Waals surface area contributed by atoms with E-state index in [9.17, 15) is 0 Å². The number of aromatic nitrogens is 1. The summed E-state index contributed by atoms with van der Waals surface area (Å²) in [6, 6.07) is 5.47. The fourth-order valence-corrected chi connectivity index (χ4v) is 0.808. The number of nitrogens with two attached hydrogens (primary N) is 1. The molecule has 0 spiro atoms. The second-order valence-corrected chi connectivity index (χ2v) is 2.38. The van der Waals surface area contributed by atoms with Crippen LogP contribution in [0.3, 0.4) is 0 Å². The molecule has 0 aromatic carbocycles. The molecule has 4 heteroatoms. The monoisotopic (exact) mass is 176 g/mol. The Morgan fingerprint density at radius 2 is 2.38 bits per heavy atom. The highest BCUT2D eigenvalue weighted by Gasteiger charge is 1.90. The minimum Gasteiger partial charge on any atom is -0.309 e. The zero-order chi connectivity index (χ0) is 9.52. The van der Waals surface area contributed by atoms with E-state index < -0.39 is 0 Å². The van der Waals surface area contributed by atoms with Crippen LogP contribution in [-0.4, -0.2) is 18.6 Å². The number of nitrogen functional groups attached to an aromatic ring is 1. The first kappa shape index (κ1) is 9.52. The van der Waals surface area contributed by atoms with Gasteiger partial charge in [-0.3, -0.25) is 0 Å². The van der Waals surface area contributed by atoms with E-state index >= 15 is 0 Å². The van der Waals surface area contributed by atoms with E-state index in [-0.39, 0.29) is 0 Å². The van der Waals surface area contributed by atoms with Gasteiger partial charge >= 0.3 is 0 Å². The summed E-state index contributed by atoms with van der Waals surface area (Å²) >= 11 is 0. The molecule has 0 saturated carbocycles.